The number of Topliss-reactive ketones (excluding diaryl/α,β-unsaturated/α-hetero) is 1. The Labute approximate surface area is 99.3 Å². The fourth-order valence-corrected chi connectivity index (χ4v) is 4.18. The third-order valence-corrected chi connectivity index (χ3v) is 4.91. The lowest BCUT2D eigenvalue weighted by Gasteiger charge is -2.51. The van der Waals surface area contributed by atoms with Crippen LogP contribution in [0.5, 0.6) is 0 Å². The molecule has 2 atom stereocenters. The van der Waals surface area contributed by atoms with E-state index in [-0.39, 0.29) is 11.3 Å². The van der Waals surface area contributed by atoms with Crippen molar-refractivity contribution in [1.82, 2.24) is 0 Å². The predicted molar refractivity (Wildman–Crippen MR) is 67.2 cm³/mol. The van der Waals surface area contributed by atoms with Gasteiger partial charge in [0.05, 0.1) is 0 Å². The van der Waals surface area contributed by atoms with Crippen molar-refractivity contribution < 1.29 is 4.79 Å². The number of carbonyl (C=O) groups excluding carboxylic acids is 1. The molecule has 0 radical (unpaired) electrons. The molecule has 0 saturated heterocycles. The van der Waals surface area contributed by atoms with Gasteiger partial charge in [0, 0.05) is 5.92 Å². The second kappa shape index (κ2) is 3.72. The SMILES string of the molecule is CC(=O)[C@@H]1CCC=C2C(C)(C)CCC[C@]21C. The van der Waals surface area contributed by atoms with Gasteiger partial charge in [-0.05, 0) is 43.4 Å². The maximum Gasteiger partial charge on any atom is 0.133 e. The van der Waals surface area contributed by atoms with Gasteiger partial charge in [0.15, 0.2) is 0 Å². The Morgan fingerprint density at radius 3 is 2.62 bits per heavy atom. The van der Waals surface area contributed by atoms with Crippen LogP contribution in [0.25, 0.3) is 0 Å². The van der Waals surface area contributed by atoms with E-state index in [4.69, 9.17) is 0 Å². The number of ketones is 1. The second-order valence-corrected chi connectivity index (χ2v) is 6.51. The van der Waals surface area contributed by atoms with Crippen molar-refractivity contribution in [2.75, 3.05) is 0 Å². The summed E-state index contributed by atoms with van der Waals surface area (Å²) in [6.45, 7) is 8.79. The zero-order valence-corrected chi connectivity index (χ0v) is 11.1. The first-order valence-electron chi connectivity index (χ1n) is 6.59. The third kappa shape index (κ3) is 1.65. The quantitative estimate of drug-likeness (QED) is 0.607. The molecule has 2 aliphatic rings. The van der Waals surface area contributed by atoms with Crippen molar-refractivity contribution in [3.8, 4) is 0 Å². The molecule has 2 rings (SSSR count). The van der Waals surface area contributed by atoms with Gasteiger partial charge in [-0.1, -0.05) is 38.8 Å². The van der Waals surface area contributed by atoms with Crippen molar-refractivity contribution in [3.63, 3.8) is 0 Å². The number of hydrogen-bond acceptors (Lipinski definition) is 1. The molecule has 0 heterocycles. The van der Waals surface area contributed by atoms with Crippen LogP contribution in [0.15, 0.2) is 11.6 Å². The molecule has 90 valence electrons. The Morgan fingerprint density at radius 1 is 1.31 bits per heavy atom. The van der Waals surface area contributed by atoms with Gasteiger partial charge in [-0.15, -0.1) is 0 Å². The molecule has 1 saturated carbocycles. The highest BCUT2D eigenvalue weighted by Crippen LogP contribution is 2.57. The van der Waals surface area contributed by atoms with Crippen molar-refractivity contribution in [2.45, 2.75) is 59.8 Å². The van der Waals surface area contributed by atoms with E-state index >= 15 is 0 Å². The molecule has 0 aliphatic heterocycles. The summed E-state index contributed by atoms with van der Waals surface area (Å²) >= 11 is 0. The number of rotatable bonds is 1. The largest absolute Gasteiger partial charge is 0.300 e. The van der Waals surface area contributed by atoms with Crippen molar-refractivity contribution in [1.29, 1.82) is 0 Å². The van der Waals surface area contributed by atoms with E-state index < -0.39 is 0 Å². The van der Waals surface area contributed by atoms with Gasteiger partial charge in [0.2, 0.25) is 0 Å². The van der Waals surface area contributed by atoms with Crippen molar-refractivity contribution in [2.24, 2.45) is 16.7 Å². The highest BCUT2D eigenvalue weighted by atomic mass is 16.1. The van der Waals surface area contributed by atoms with Crippen LogP contribution in [0.3, 0.4) is 0 Å². The molecule has 0 amide bonds. The van der Waals surface area contributed by atoms with Crippen LogP contribution < -0.4 is 0 Å². The molecule has 1 fully saturated rings. The average Bonchev–Trinajstić information content (AvgIpc) is 2.15. The van der Waals surface area contributed by atoms with E-state index in [0.29, 0.717) is 11.2 Å². The molecule has 1 nitrogen and oxygen atoms in total. The molecule has 0 aromatic rings. The van der Waals surface area contributed by atoms with Crippen LogP contribution in [0.2, 0.25) is 0 Å². The molecule has 0 spiro atoms. The molecular weight excluding hydrogens is 196 g/mol. The van der Waals surface area contributed by atoms with Gasteiger partial charge >= 0.3 is 0 Å². The molecule has 0 aromatic heterocycles. The predicted octanol–water partition coefficient (Wildman–Crippen LogP) is 4.13. The number of carbonyl (C=O) groups is 1. The Balaban J connectivity index is 2.43. The van der Waals surface area contributed by atoms with E-state index in [0.717, 1.165) is 12.8 Å². The van der Waals surface area contributed by atoms with Gasteiger partial charge in [-0.25, -0.2) is 0 Å². The summed E-state index contributed by atoms with van der Waals surface area (Å²) in [5.41, 5.74) is 2.03. The maximum absolute atomic E-state index is 11.8. The number of hydrogen-bond donors (Lipinski definition) is 0. The molecule has 0 unspecified atom stereocenters. The third-order valence-electron chi connectivity index (χ3n) is 4.91. The summed E-state index contributed by atoms with van der Waals surface area (Å²) in [5, 5.41) is 0. The van der Waals surface area contributed by atoms with E-state index in [1.165, 1.54) is 19.3 Å². The van der Waals surface area contributed by atoms with Crippen LogP contribution in [-0.2, 0) is 4.79 Å². The van der Waals surface area contributed by atoms with Crippen molar-refractivity contribution >= 4 is 5.78 Å². The summed E-state index contributed by atoms with van der Waals surface area (Å²) in [6.07, 6.45) is 8.33. The van der Waals surface area contributed by atoms with E-state index in [9.17, 15) is 4.79 Å². The molecule has 1 heteroatoms. The van der Waals surface area contributed by atoms with Crippen molar-refractivity contribution in [3.05, 3.63) is 11.6 Å². The summed E-state index contributed by atoms with van der Waals surface area (Å²) < 4.78 is 0. The molecule has 2 aliphatic carbocycles. The fourth-order valence-electron chi connectivity index (χ4n) is 4.18. The zero-order valence-electron chi connectivity index (χ0n) is 11.1. The van der Waals surface area contributed by atoms with E-state index in [1.54, 1.807) is 12.5 Å². The monoisotopic (exact) mass is 220 g/mol. The van der Waals surface area contributed by atoms with Gasteiger partial charge in [-0.3, -0.25) is 4.79 Å². The topological polar surface area (TPSA) is 17.1 Å². The summed E-state index contributed by atoms with van der Waals surface area (Å²) in [5.74, 6) is 0.665. The van der Waals surface area contributed by atoms with Gasteiger partial charge in [-0.2, -0.15) is 0 Å². The van der Waals surface area contributed by atoms with Crippen LogP contribution in [0.4, 0.5) is 0 Å². The average molecular weight is 220 g/mol. The first kappa shape index (κ1) is 11.9. The lowest BCUT2D eigenvalue weighted by Crippen LogP contribution is -2.44. The van der Waals surface area contributed by atoms with Gasteiger partial charge < -0.3 is 0 Å². The summed E-state index contributed by atoms with van der Waals surface area (Å²) in [6, 6.07) is 0. The lowest BCUT2D eigenvalue weighted by molar-refractivity contribution is -0.125. The highest BCUT2D eigenvalue weighted by molar-refractivity contribution is 5.80. The smallest absolute Gasteiger partial charge is 0.133 e. The second-order valence-electron chi connectivity index (χ2n) is 6.51. The Kier molecular flexibility index (Phi) is 2.76. The standard InChI is InChI=1S/C15H24O/c1-11(16)12-7-5-8-13-14(2,3)9-6-10-15(12,13)4/h8,12H,5-7,9-10H2,1-4H3/t12-,15-/m0/s1. The molecule has 0 bridgehead atoms. The molecule has 0 N–H and O–H groups in total. The molecular formula is C15H24O. The molecule has 16 heavy (non-hydrogen) atoms. The first-order chi connectivity index (χ1) is 7.38. The Bertz CT molecular complexity index is 337. The normalized spacial score (nSPS) is 37.5. The minimum atomic E-state index is 0.159. The zero-order chi connectivity index (χ0) is 12.0. The van der Waals surface area contributed by atoms with Crippen LogP contribution >= 0.6 is 0 Å². The number of allylic oxidation sites excluding steroid dienone is 2. The van der Waals surface area contributed by atoms with Crippen LogP contribution in [-0.4, -0.2) is 5.78 Å². The maximum atomic E-state index is 11.8. The summed E-state index contributed by atoms with van der Waals surface area (Å²) in [4.78, 5) is 11.8. The fraction of sp³-hybridized carbons (Fsp3) is 0.800. The number of fused-ring (bicyclic) bond motifs is 1. The van der Waals surface area contributed by atoms with Gasteiger partial charge in [0.25, 0.3) is 0 Å². The van der Waals surface area contributed by atoms with E-state index in [1.807, 2.05) is 0 Å². The highest BCUT2D eigenvalue weighted by Gasteiger charge is 2.48. The lowest BCUT2D eigenvalue weighted by atomic mass is 9.52. The van der Waals surface area contributed by atoms with Crippen LogP contribution in [0, 0.1) is 16.7 Å². The first-order valence-corrected chi connectivity index (χ1v) is 6.59. The Morgan fingerprint density at radius 2 is 2.00 bits per heavy atom. The molecule has 0 aromatic carbocycles. The summed E-state index contributed by atoms with van der Waals surface area (Å²) in [7, 11) is 0. The minimum absolute atomic E-state index is 0.159. The van der Waals surface area contributed by atoms with Crippen LogP contribution in [0.1, 0.15) is 59.8 Å². The van der Waals surface area contributed by atoms with E-state index in [2.05, 4.69) is 26.8 Å². The minimum Gasteiger partial charge on any atom is -0.300 e. The Hall–Kier alpha value is -0.590. The van der Waals surface area contributed by atoms with Gasteiger partial charge in [0.1, 0.15) is 5.78 Å².